The molecule has 1 rings (SSSR count). The summed E-state index contributed by atoms with van der Waals surface area (Å²) in [5.41, 5.74) is 2.21. The second-order valence-electron chi connectivity index (χ2n) is 4.89. The molecule has 0 spiro atoms. The average Bonchev–Trinajstić information content (AvgIpc) is 2.34. The van der Waals surface area contributed by atoms with Gasteiger partial charge in [0.2, 0.25) is 0 Å². The molecule has 0 aliphatic rings. The van der Waals surface area contributed by atoms with Crippen LogP contribution < -0.4 is 5.32 Å². The first-order chi connectivity index (χ1) is 8.61. The van der Waals surface area contributed by atoms with Crippen molar-refractivity contribution < 1.29 is 4.74 Å². The summed E-state index contributed by atoms with van der Waals surface area (Å²) in [5, 5.41) is 3.38. The molecule has 0 aliphatic carbocycles. The van der Waals surface area contributed by atoms with Crippen molar-refractivity contribution in [2.45, 2.75) is 33.0 Å². The number of ether oxygens (including phenoxy) is 1. The van der Waals surface area contributed by atoms with Gasteiger partial charge in [-0.1, -0.05) is 19.9 Å². The highest BCUT2D eigenvalue weighted by Crippen LogP contribution is 2.03. The summed E-state index contributed by atoms with van der Waals surface area (Å²) in [4.78, 5) is 6.86. The largest absolute Gasteiger partial charge is 0.383 e. The van der Waals surface area contributed by atoms with E-state index in [1.165, 1.54) is 0 Å². The molecule has 1 N–H and O–H groups in total. The summed E-state index contributed by atoms with van der Waals surface area (Å²) >= 11 is 0. The number of hydrogen-bond donors (Lipinski definition) is 1. The molecule has 4 heteroatoms. The quantitative estimate of drug-likeness (QED) is 0.762. The lowest BCUT2D eigenvalue weighted by Gasteiger charge is -2.16. The van der Waals surface area contributed by atoms with E-state index in [-0.39, 0.29) is 0 Å². The van der Waals surface area contributed by atoms with Crippen LogP contribution in [0.3, 0.4) is 0 Å². The van der Waals surface area contributed by atoms with Gasteiger partial charge in [-0.3, -0.25) is 9.88 Å². The van der Waals surface area contributed by atoms with E-state index in [0.29, 0.717) is 6.04 Å². The fraction of sp³-hybridized carbons (Fsp3) is 0.643. The van der Waals surface area contributed by atoms with Crippen LogP contribution in [0.5, 0.6) is 0 Å². The number of nitrogens with zero attached hydrogens (tertiary/aromatic N) is 2. The van der Waals surface area contributed by atoms with Crippen molar-refractivity contribution in [3.05, 3.63) is 29.6 Å². The van der Waals surface area contributed by atoms with Gasteiger partial charge in [0.1, 0.15) is 0 Å². The predicted octanol–water partition coefficient (Wildman–Crippen LogP) is 1.66. The molecule has 0 saturated heterocycles. The third kappa shape index (κ3) is 6.10. The zero-order valence-electron chi connectivity index (χ0n) is 11.9. The molecule has 1 aromatic rings. The van der Waals surface area contributed by atoms with Crippen LogP contribution in [0.2, 0.25) is 0 Å². The Bertz CT molecular complexity index is 342. The summed E-state index contributed by atoms with van der Waals surface area (Å²) in [6.07, 6.45) is 0. The van der Waals surface area contributed by atoms with Crippen LogP contribution >= 0.6 is 0 Å². The molecule has 0 radical (unpaired) electrons. The molecule has 0 aliphatic heterocycles. The Morgan fingerprint density at radius 3 is 2.72 bits per heavy atom. The minimum absolute atomic E-state index is 0.486. The lowest BCUT2D eigenvalue weighted by Crippen LogP contribution is -2.24. The van der Waals surface area contributed by atoms with Gasteiger partial charge in [0.15, 0.2) is 0 Å². The first-order valence-electron chi connectivity index (χ1n) is 6.47. The number of nitrogens with one attached hydrogen (secondary N) is 1. The molecular weight excluding hydrogens is 226 g/mol. The maximum atomic E-state index is 5.07. The van der Waals surface area contributed by atoms with Crippen molar-refractivity contribution in [2.24, 2.45) is 0 Å². The molecule has 0 fully saturated rings. The van der Waals surface area contributed by atoms with Gasteiger partial charge in [-0.15, -0.1) is 0 Å². The molecule has 18 heavy (non-hydrogen) atoms. The number of pyridine rings is 1. The lowest BCUT2D eigenvalue weighted by molar-refractivity contribution is 0.158. The van der Waals surface area contributed by atoms with E-state index >= 15 is 0 Å². The van der Waals surface area contributed by atoms with Gasteiger partial charge < -0.3 is 10.1 Å². The molecule has 0 bridgehead atoms. The minimum Gasteiger partial charge on any atom is -0.383 e. The Balaban J connectivity index is 2.48. The summed E-state index contributed by atoms with van der Waals surface area (Å²) in [6.45, 7) is 7.65. The minimum atomic E-state index is 0.486. The summed E-state index contributed by atoms with van der Waals surface area (Å²) in [6, 6.07) is 6.69. The fourth-order valence-corrected chi connectivity index (χ4v) is 1.63. The normalized spacial score (nSPS) is 11.4. The molecule has 0 aromatic carbocycles. The van der Waals surface area contributed by atoms with Gasteiger partial charge in [-0.25, -0.2) is 0 Å². The maximum absolute atomic E-state index is 5.07. The summed E-state index contributed by atoms with van der Waals surface area (Å²) in [7, 11) is 3.81. The van der Waals surface area contributed by atoms with Crippen LogP contribution in [-0.2, 0) is 17.8 Å². The standard InChI is InChI=1S/C14H25N3O/c1-12(2)15-10-13-6-5-7-14(16-13)11-17(3)8-9-18-4/h5-7,12,15H,8-11H2,1-4H3. The van der Waals surface area contributed by atoms with Crippen LogP contribution in [0.4, 0.5) is 0 Å². The highest BCUT2D eigenvalue weighted by Gasteiger charge is 2.03. The average molecular weight is 251 g/mol. The first-order valence-corrected chi connectivity index (χ1v) is 6.47. The van der Waals surface area contributed by atoms with Gasteiger partial charge >= 0.3 is 0 Å². The number of likely N-dealkylation sites (N-methyl/N-ethyl adjacent to an activating group) is 1. The highest BCUT2D eigenvalue weighted by atomic mass is 16.5. The molecule has 0 atom stereocenters. The summed E-state index contributed by atoms with van der Waals surface area (Å²) in [5.74, 6) is 0. The Hall–Kier alpha value is -0.970. The van der Waals surface area contributed by atoms with E-state index in [2.05, 4.69) is 54.3 Å². The Morgan fingerprint density at radius 2 is 2.06 bits per heavy atom. The van der Waals surface area contributed by atoms with E-state index in [1.54, 1.807) is 7.11 Å². The topological polar surface area (TPSA) is 37.4 Å². The van der Waals surface area contributed by atoms with E-state index in [1.807, 2.05) is 0 Å². The maximum Gasteiger partial charge on any atom is 0.0589 e. The summed E-state index contributed by atoms with van der Waals surface area (Å²) < 4.78 is 5.07. The van der Waals surface area contributed by atoms with E-state index in [4.69, 9.17) is 4.74 Å². The van der Waals surface area contributed by atoms with E-state index in [0.717, 1.165) is 37.6 Å². The van der Waals surface area contributed by atoms with Crippen molar-refractivity contribution in [1.29, 1.82) is 0 Å². The molecule has 1 aromatic heterocycles. The van der Waals surface area contributed by atoms with Crippen molar-refractivity contribution in [3.63, 3.8) is 0 Å². The van der Waals surface area contributed by atoms with Crippen LogP contribution in [0.15, 0.2) is 18.2 Å². The zero-order chi connectivity index (χ0) is 13.4. The van der Waals surface area contributed by atoms with Crippen molar-refractivity contribution in [1.82, 2.24) is 15.2 Å². The second-order valence-corrected chi connectivity index (χ2v) is 4.89. The third-order valence-corrected chi connectivity index (χ3v) is 2.66. The Kier molecular flexibility index (Phi) is 6.86. The van der Waals surface area contributed by atoms with Crippen LogP contribution in [0.25, 0.3) is 0 Å². The van der Waals surface area contributed by atoms with Crippen LogP contribution in [-0.4, -0.2) is 43.2 Å². The van der Waals surface area contributed by atoms with Gasteiger partial charge in [0.05, 0.1) is 18.0 Å². The Labute approximate surface area is 110 Å². The smallest absolute Gasteiger partial charge is 0.0589 e. The number of hydrogen-bond acceptors (Lipinski definition) is 4. The molecular formula is C14H25N3O. The van der Waals surface area contributed by atoms with Crippen LogP contribution in [0.1, 0.15) is 25.2 Å². The lowest BCUT2D eigenvalue weighted by atomic mass is 10.2. The third-order valence-electron chi connectivity index (χ3n) is 2.66. The predicted molar refractivity (Wildman–Crippen MR) is 74.4 cm³/mol. The van der Waals surface area contributed by atoms with Crippen molar-refractivity contribution in [2.75, 3.05) is 27.3 Å². The Morgan fingerprint density at radius 1 is 1.33 bits per heavy atom. The highest BCUT2D eigenvalue weighted by molar-refractivity contribution is 5.11. The van der Waals surface area contributed by atoms with Crippen molar-refractivity contribution in [3.8, 4) is 0 Å². The fourth-order valence-electron chi connectivity index (χ4n) is 1.63. The van der Waals surface area contributed by atoms with Crippen molar-refractivity contribution >= 4 is 0 Å². The molecule has 0 amide bonds. The van der Waals surface area contributed by atoms with Gasteiger partial charge in [0, 0.05) is 32.8 Å². The van der Waals surface area contributed by atoms with E-state index < -0.39 is 0 Å². The first kappa shape index (κ1) is 15.1. The number of rotatable bonds is 8. The SMILES string of the molecule is COCCN(C)Cc1cccc(CNC(C)C)n1. The van der Waals surface area contributed by atoms with Gasteiger partial charge in [-0.2, -0.15) is 0 Å². The number of aromatic nitrogens is 1. The molecule has 0 unspecified atom stereocenters. The molecule has 1 heterocycles. The van der Waals surface area contributed by atoms with Crippen LogP contribution in [0, 0.1) is 0 Å². The molecule has 4 nitrogen and oxygen atoms in total. The molecule has 102 valence electrons. The van der Waals surface area contributed by atoms with Gasteiger partial charge in [0.25, 0.3) is 0 Å². The second kappa shape index (κ2) is 8.19. The monoisotopic (exact) mass is 251 g/mol. The van der Waals surface area contributed by atoms with Gasteiger partial charge in [-0.05, 0) is 19.2 Å². The van der Waals surface area contributed by atoms with E-state index in [9.17, 15) is 0 Å². The zero-order valence-corrected chi connectivity index (χ0v) is 11.9. The molecule has 0 saturated carbocycles. The number of methoxy groups -OCH3 is 1.